The summed E-state index contributed by atoms with van der Waals surface area (Å²) in [5.74, 6) is -0.371. The van der Waals surface area contributed by atoms with Crippen LogP contribution in [0.25, 0.3) is 0 Å². The van der Waals surface area contributed by atoms with Crippen LogP contribution in [0.1, 0.15) is 21.5 Å². The third kappa shape index (κ3) is 4.10. The van der Waals surface area contributed by atoms with Crippen LogP contribution in [-0.4, -0.2) is 15.9 Å². The second-order valence-electron chi connectivity index (χ2n) is 4.98. The number of amides is 1. The Morgan fingerprint density at radius 1 is 1.13 bits per heavy atom. The molecule has 23 heavy (non-hydrogen) atoms. The average Bonchev–Trinajstić information content (AvgIpc) is 2.50. The zero-order valence-electron chi connectivity index (χ0n) is 12.6. The molecule has 6 nitrogen and oxygen atoms in total. The molecule has 7 heteroatoms. The lowest BCUT2D eigenvalue weighted by Crippen LogP contribution is -2.34. The number of hydrogen-bond acceptors (Lipinski definition) is 4. The van der Waals surface area contributed by atoms with Gasteiger partial charge in [0, 0.05) is 11.6 Å². The van der Waals surface area contributed by atoms with E-state index in [1.165, 1.54) is 12.1 Å². The SMILES string of the molecule is Cc1ccc(C(=O)NC(=S)Nc2ccccc2[N+](=O)[O-])cc1C. The molecule has 0 aliphatic rings. The van der Waals surface area contributed by atoms with E-state index in [0.717, 1.165) is 11.1 Å². The number of carbonyl (C=O) groups excluding carboxylic acids is 1. The molecule has 0 heterocycles. The first kappa shape index (κ1) is 16.6. The number of nitrogens with one attached hydrogen (secondary N) is 2. The van der Waals surface area contributed by atoms with E-state index in [9.17, 15) is 14.9 Å². The van der Waals surface area contributed by atoms with Crippen molar-refractivity contribution in [2.24, 2.45) is 0 Å². The van der Waals surface area contributed by atoms with Gasteiger partial charge in [-0.15, -0.1) is 0 Å². The summed E-state index contributed by atoms with van der Waals surface area (Å²) in [4.78, 5) is 22.6. The van der Waals surface area contributed by atoms with E-state index in [4.69, 9.17) is 12.2 Å². The molecule has 0 saturated carbocycles. The molecule has 0 aliphatic heterocycles. The fourth-order valence-electron chi connectivity index (χ4n) is 1.95. The molecule has 0 aliphatic carbocycles. The molecule has 0 radical (unpaired) electrons. The molecule has 0 spiro atoms. The van der Waals surface area contributed by atoms with Crippen molar-refractivity contribution in [2.75, 3.05) is 5.32 Å². The van der Waals surface area contributed by atoms with Crippen molar-refractivity contribution >= 4 is 34.6 Å². The van der Waals surface area contributed by atoms with Crippen molar-refractivity contribution in [3.8, 4) is 0 Å². The molecule has 2 aromatic carbocycles. The first-order valence-corrected chi connectivity index (χ1v) is 7.22. The maximum Gasteiger partial charge on any atom is 0.292 e. The zero-order valence-corrected chi connectivity index (χ0v) is 13.4. The molecule has 0 atom stereocenters. The summed E-state index contributed by atoms with van der Waals surface area (Å²) in [5, 5.41) is 16.1. The summed E-state index contributed by atoms with van der Waals surface area (Å²) in [7, 11) is 0. The molecule has 0 saturated heterocycles. The molecular weight excluding hydrogens is 314 g/mol. The minimum Gasteiger partial charge on any atom is -0.327 e. The van der Waals surface area contributed by atoms with Crippen molar-refractivity contribution in [3.63, 3.8) is 0 Å². The minimum absolute atomic E-state index is 0.00234. The van der Waals surface area contributed by atoms with Crippen LogP contribution in [0.4, 0.5) is 11.4 Å². The topological polar surface area (TPSA) is 84.3 Å². The second kappa shape index (κ2) is 6.97. The van der Waals surface area contributed by atoms with E-state index in [2.05, 4.69) is 10.6 Å². The molecule has 2 aromatic rings. The van der Waals surface area contributed by atoms with Gasteiger partial charge in [-0.2, -0.15) is 0 Å². The Hall–Kier alpha value is -2.80. The quantitative estimate of drug-likeness (QED) is 0.512. The maximum atomic E-state index is 12.2. The van der Waals surface area contributed by atoms with Crippen molar-refractivity contribution in [1.82, 2.24) is 5.32 Å². The molecular formula is C16H15N3O3S. The Morgan fingerprint density at radius 3 is 2.48 bits per heavy atom. The van der Waals surface area contributed by atoms with Crippen LogP contribution in [-0.2, 0) is 0 Å². The highest BCUT2D eigenvalue weighted by atomic mass is 32.1. The number of rotatable bonds is 3. The molecule has 2 N–H and O–H groups in total. The molecule has 2 rings (SSSR count). The Kier molecular flexibility index (Phi) is 5.02. The van der Waals surface area contributed by atoms with Gasteiger partial charge in [-0.05, 0) is 55.4 Å². The van der Waals surface area contributed by atoms with Crippen LogP contribution in [0, 0.1) is 24.0 Å². The number of nitrogens with zero attached hydrogens (tertiary/aromatic N) is 1. The molecule has 0 bridgehead atoms. The summed E-state index contributed by atoms with van der Waals surface area (Å²) in [6, 6.07) is 11.4. The number of anilines is 1. The Bertz CT molecular complexity index is 790. The maximum absolute atomic E-state index is 12.2. The van der Waals surface area contributed by atoms with E-state index in [-0.39, 0.29) is 22.4 Å². The molecule has 0 aromatic heterocycles. The standard InChI is InChI=1S/C16H15N3O3S/c1-10-7-8-12(9-11(10)2)15(20)18-16(23)17-13-5-3-4-6-14(13)19(21)22/h3-9H,1-2H3,(H2,17,18,20,23). The summed E-state index contributed by atoms with van der Waals surface area (Å²) < 4.78 is 0. The van der Waals surface area contributed by atoms with Gasteiger partial charge in [-0.1, -0.05) is 18.2 Å². The van der Waals surface area contributed by atoms with E-state index in [1.807, 2.05) is 19.9 Å². The van der Waals surface area contributed by atoms with E-state index in [0.29, 0.717) is 5.56 Å². The lowest BCUT2D eigenvalue weighted by Gasteiger charge is -2.10. The smallest absolute Gasteiger partial charge is 0.292 e. The normalized spacial score (nSPS) is 10.0. The van der Waals surface area contributed by atoms with Gasteiger partial charge in [0.25, 0.3) is 11.6 Å². The van der Waals surface area contributed by atoms with Crippen LogP contribution < -0.4 is 10.6 Å². The third-order valence-electron chi connectivity index (χ3n) is 3.35. The van der Waals surface area contributed by atoms with E-state index in [1.54, 1.807) is 24.3 Å². The number of thiocarbonyl (C=S) groups is 1. The predicted molar refractivity (Wildman–Crippen MR) is 92.7 cm³/mol. The van der Waals surface area contributed by atoms with Crippen molar-refractivity contribution in [2.45, 2.75) is 13.8 Å². The number of nitro benzene ring substituents is 1. The van der Waals surface area contributed by atoms with Crippen molar-refractivity contribution in [3.05, 3.63) is 69.3 Å². The average molecular weight is 329 g/mol. The highest BCUT2D eigenvalue weighted by molar-refractivity contribution is 7.80. The molecule has 0 fully saturated rings. The second-order valence-corrected chi connectivity index (χ2v) is 5.39. The fourth-order valence-corrected chi connectivity index (χ4v) is 2.15. The van der Waals surface area contributed by atoms with Gasteiger partial charge in [0.15, 0.2) is 5.11 Å². The monoisotopic (exact) mass is 329 g/mol. The lowest BCUT2D eigenvalue weighted by molar-refractivity contribution is -0.383. The van der Waals surface area contributed by atoms with Gasteiger partial charge in [0.1, 0.15) is 5.69 Å². The highest BCUT2D eigenvalue weighted by Gasteiger charge is 2.15. The summed E-state index contributed by atoms with van der Waals surface area (Å²) >= 11 is 5.05. The lowest BCUT2D eigenvalue weighted by atomic mass is 10.1. The molecule has 1 amide bonds. The number of para-hydroxylation sites is 2. The van der Waals surface area contributed by atoms with Crippen LogP contribution in [0.15, 0.2) is 42.5 Å². The number of benzene rings is 2. The third-order valence-corrected chi connectivity index (χ3v) is 3.55. The molecule has 118 valence electrons. The van der Waals surface area contributed by atoms with Gasteiger partial charge in [0.2, 0.25) is 0 Å². The van der Waals surface area contributed by atoms with E-state index >= 15 is 0 Å². The molecule has 0 unspecified atom stereocenters. The van der Waals surface area contributed by atoms with Gasteiger partial charge in [-0.25, -0.2) is 0 Å². The van der Waals surface area contributed by atoms with Crippen LogP contribution >= 0.6 is 12.2 Å². The summed E-state index contributed by atoms with van der Waals surface area (Å²) in [5.41, 5.74) is 2.66. The Labute approximate surface area is 138 Å². The summed E-state index contributed by atoms with van der Waals surface area (Å²) in [6.07, 6.45) is 0. The minimum atomic E-state index is -0.518. The number of nitro groups is 1. The van der Waals surface area contributed by atoms with E-state index < -0.39 is 4.92 Å². The summed E-state index contributed by atoms with van der Waals surface area (Å²) in [6.45, 7) is 3.87. The Morgan fingerprint density at radius 2 is 1.83 bits per heavy atom. The largest absolute Gasteiger partial charge is 0.327 e. The van der Waals surface area contributed by atoms with Crippen LogP contribution in [0.2, 0.25) is 0 Å². The van der Waals surface area contributed by atoms with Crippen LogP contribution in [0.5, 0.6) is 0 Å². The van der Waals surface area contributed by atoms with Crippen molar-refractivity contribution < 1.29 is 9.72 Å². The number of hydrogen-bond donors (Lipinski definition) is 2. The fraction of sp³-hybridized carbons (Fsp3) is 0.125. The first-order valence-electron chi connectivity index (χ1n) is 6.81. The van der Waals surface area contributed by atoms with Gasteiger partial charge in [-0.3, -0.25) is 20.2 Å². The number of aryl methyl sites for hydroxylation is 2. The van der Waals surface area contributed by atoms with Gasteiger partial charge >= 0.3 is 0 Å². The highest BCUT2D eigenvalue weighted by Crippen LogP contribution is 2.22. The van der Waals surface area contributed by atoms with Gasteiger partial charge in [0.05, 0.1) is 4.92 Å². The zero-order chi connectivity index (χ0) is 17.0. The predicted octanol–water partition coefficient (Wildman–Crippen LogP) is 3.34. The number of carbonyl (C=O) groups is 1. The van der Waals surface area contributed by atoms with Gasteiger partial charge < -0.3 is 5.32 Å². The Balaban J connectivity index is 2.09. The van der Waals surface area contributed by atoms with Crippen molar-refractivity contribution in [1.29, 1.82) is 0 Å². The van der Waals surface area contributed by atoms with Crippen LogP contribution in [0.3, 0.4) is 0 Å². The first-order chi connectivity index (χ1) is 10.9.